The Labute approximate surface area is 345 Å². The van der Waals surface area contributed by atoms with E-state index < -0.39 is 11.9 Å². The maximum absolute atomic E-state index is 13.9. The molecule has 5 rings (SSSR count). The Bertz CT molecular complexity index is 1970. The molecule has 0 aliphatic heterocycles. The Kier molecular flexibility index (Phi) is 17.6. The van der Waals surface area contributed by atoms with Crippen LogP contribution in [0.3, 0.4) is 0 Å². The van der Waals surface area contributed by atoms with Crippen LogP contribution < -0.4 is 10.6 Å². The van der Waals surface area contributed by atoms with E-state index in [1.165, 1.54) is 104 Å². The van der Waals surface area contributed by atoms with E-state index in [2.05, 4.69) is 24.5 Å². The Morgan fingerprint density at radius 2 is 0.655 bits per heavy atom. The molecule has 0 spiro atoms. The minimum Gasteiger partial charge on any atom is -0.465 e. The molecule has 0 saturated carbocycles. The van der Waals surface area contributed by atoms with Crippen LogP contribution in [-0.2, 0) is 9.47 Å². The molecule has 0 saturated heterocycles. The highest BCUT2D eigenvalue weighted by atomic mass is 16.5. The van der Waals surface area contributed by atoms with Crippen molar-refractivity contribution in [2.75, 3.05) is 27.3 Å². The predicted octanol–water partition coefficient (Wildman–Crippen LogP) is 12.6. The summed E-state index contributed by atoms with van der Waals surface area (Å²) in [4.78, 5) is 54.3. The van der Waals surface area contributed by atoms with Crippen molar-refractivity contribution < 1.29 is 28.7 Å². The quantitative estimate of drug-likeness (QED) is 0.0250. The average Bonchev–Trinajstić information content (AvgIpc) is 3.25. The molecule has 0 unspecified atom stereocenters. The number of carbonyl (C=O) groups is 4. The van der Waals surface area contributed by atoms with Gasteiger partial charge in [-0.2, -0.15) is 0 Å². The molecule has 5 aromatic carbocycles. The highest BCUT2D eigenvalue weighted by Crippen LogP contribution is 2.44. The van der Waals surface area contributed by atoms with Gasteiger partial charge in [0, 0.05) is 35.0 Å². The number of nitrogens with one attached hydrogen (secondary N) is 2. The molecule has 0 aromatic heterocycles. The maximum atomic E-state index is 13.9. The molecule has 0 fully saturated rings. The van der Waals surface area contributed by atoms with Gasteiger partial charge in [0.1, 0.15) is 0 Å². The first-order valence-electron chi connectivity index (χ1n) is 22.3. The third kappa shape index (κ3) is 10.9. The van der Waals surface area contributed by atoms with E-state index in [1.807, 2.05) is 24.3 Å². The molecule has 312 valence electrons. The van der Waals surface area contributed by atoms with Crippen LogP contribution in [0, 0.1) is 0 Å². The summed E-state index contributed by atoms with van der Waals surface area (Å²) < 4.78 is 10.4. The molecular formula is C50H66N2O6. The monoisotopic (exact) mass is 790 g/mol. The van der Waals surface area contributed by atoms with Crippen molar-refractivity contribution >= 4 is 66.8 Å². The summed E-state index contributed by atoms with van der Waals surface area (Å²) in [6.45, 7) is 5.58. The van der Waals surface area contributed by atoms with Crippen LogP contribution >= 0.6 is 0 Å². The number of hydrogen-bond donors (Lipinski definition) is 2. The summed E-state index contributed by atoms with van der Waals surface area (Å²) in [7, 11) is 2.69. The van der Waals surface area contributed by atoms with Gasteiger partial charge < -0.3 is 20.1 Å². The molecule has 0 aliphatic carbocycles. The summed E-state index contributed by atoms with van der Waals surface area (Å²) in [6.07, 6.45) is 24.2. The Morgan fingerprint density at radius 3 is 0.948 bits per heavy atom. The van der Waals surface area contributed by atoms with Gasteiger partial charge in [-0.05, 0) is 69.4 Å². The molecule has 0 bridgehead atoms. The number of carbonyl (C=O) groups excluding carboxylic acids is 4. The van der Waals surface area contributed by atoms with E-state index in [4.69, 9.17) is 9.47 Å². The van der Waals surface area contributed by atoms with Crippen molar-refractivity contribution in [2.45, 2.75) is 142 Å². The van der Waals surface area contributed by atoms with Gasteiger partial charge in [0.25, 0.3) is 11.8 Å². The van der Waals surface area contributed by atoms with Crippen molar-refractivity contribution in [3.05, 3.63) is 70.8 Å². The number of ether oxygens (including phenoxy) is 2. The standard InChI is InChI=1S/C50H66N2O6/c1-5-7-9-11-13-15-17-19-21-23-33-51-47(53)39-29-25-35-38-28-32-42(50(56)58-4)46-40(48(54)52-34-24-22-20-18-16-14-12-10-8-6-2)30-26-36(44(38)46)37-27-31-41(49(55)57-3)45(39)43(35)37/h25-32H,5-24,33-34H2,1-4H3,(H,51,53)(H,52,54). The SMILES string of the molecule is CCCCCCCCCCCCNC(=O)c1ccc2c3ccc(C(=O)OC)c4c(C(=O)NCCCCCCCCCCCC)ccc(c5ccc(C(=O)OC)c1c25)c43. The van der Waals surface area contributed by atoms with E-state index in [9.17, 15) is 19.2 Å². The van der Waals surface area contributed by atoms with Gasteiger partial charge in [-0.25, -0.2) is 9.59 Å². The first-order valence-corrected chi connectivity index (χ1v) is 22.3. The zero-order valence-corrected chi connectivity index (χ0v) is 35.6. The van der Waals surface area contributed by atoms with Crippen LogP contribution in [0.15, 0.2) is 48.5 Å². The topological polar surface area (TPSA) is 111 Å². The van der Waals surface area contributed by atoms with Crippen molar-refractivity contribution in [3.8, 4) is 0 Å². The fourth-order valence-electron chi connectivity index (χ4n) is 8.65. The number of methoxy groups -OCH3 is 2. The fraction of sp³-hybridized carbons (Fsp3) is 0.520. The Morgan fingerprint density at radius 1 is 0.379 bits per heavy atom. The smallest absolute Gasteiger partial charge is 0.338 e. The van der Waals surface area contributed by atoms with E-state index in [-0.39, 0.29) is 11.8 Å². The zero-order chi connectivity index (χ0) is 41.3. The van der Waals surface area contributed by atoms with E-state index >= 15 is 0 Å². The first-order chi connectivity index (χ1) is 28.4. The highest BCUT2D eigenvalue weighted by molar-refractivity contribution is 6.38. The minimum absolute atomic E-state index is 0.240. The molecule has 58 heavy (non-hydrogen) atoms. The molecule has 0 atom stereocenters. The van der Waals surface area contributed by atoms with Gasteiger partial charge in [-0.1, -0.05) is 154 Å². The molecule has 0 aliphatic rings. The lowest BCUT2D eigenvalue weighted by molar-refractivity contribution is 0.0594. The number of rotatable bonds is 26. The number of amides is 2. The van der Waals surface area contributed by atoms with E-state index in [1.54, 1.807) is 24.3 Å². The summed E-state index contributed by atoms with van der Waals surface area (Å²) in [5, 5.41) is 12.0. The molecule has 0 heterocycles. The zero-order valence-electron chi connectivity index (χ0n) is 35.6. The second kappa shape index (κ2) is 23.0. The molecule has 0 radical (unpaired) electrons. The molecular weight excluding hydrogens is 725 g/mol. The molecule has 5 aromatic rings. The van der Waals surface area contributed by atoms with Crippen LogP contribution in [0.25, 0.3) is 43.1 Å². The van der Waals surface area contributed by atoms with Crippen molar-refractivity contribution in [3.63, 3.8) is 0 Å². The number of hydrogen-bond acceptors (Lipinski definition) is 6. The van der Waals surface area contributed by atoms with E-state index in [0.717, 1.165) is 70.8 Å². The Hall–Kier alpha value is -4.72. The summed E-state index contributed by atoms with van der Waals surface area (Å²) in [6, 6.07) is 14.5. The second-order valence-electron chi connectivity index (χ2n) is 16.0. The van der Waals surface area contributed by atoms with Crippen molar-refractivity contribution in [1.82, 2.24) is 10.6 Å². The lowest BCUT2D eigenvalue weighted by Crippen LogP contribution is -2.25. The first kappa shape index (κ1) is 44.4. The molecule has 8 heteroatoms. The number of esters is 2. The van der Waals surface area contributed by atoms with Gasteiger partial charge >= 0.3 is 11.9 Å². The van der Waals surface area contributed by atoms with Crippen LogP contribution in [0.5, 0.6) is 0 Å². The van der Waals surface area contributed by atoms with Crippen LogP contribution in [-0.4, -0.2) is 51.1 Å². The second-order valence-corrected chi connectivity index (χ2v) is 16.0. The maximum Gasteiger partial charge on any atom is 0.338 e. The number of fused-ring (bicyclic) bond motifs is 2. The van der Waals surface area contributed by atoms with Crippen LogP contribution in [0.4, 0.5) is 0 Å². The third-order valence-electron chi connectivity index (χ3n) is 11.8. The average molecular weight is 791 g/mol. The number of benzene rings is 5. The third-order valence-corrected chi connectivity index (χ3v) is 11.8. The largest absolute Gasteiger partial charge is 0.465 e. The lowest BCUT2D eigenvalue weighted by Gasteiger charge is -2.20. The summed E-state index contributed by atoms with van der Waals surface area (Å²) >= 11 is 0. The normalized spacial score (nSPS) is 11.5. The van der Waals surface area contributed by atoms with Crippen LogP contribution in [0.2, 0.25) is 0 Å². The predicted molar refractivity (Wildman–Crippen MR) is 239 cm³/mol. The van der Waals surface area contributed by atoms with Gasteiger partial charge in [0.05, 0.1) is 25.3 Å². The molecule has 2 N–H and O–H groups in total. The minimum atomic E-state index is -0.529. The van der Waals surface area contributed by atoms with Gasteiger partial charge in [-0.3, -0.25) is 9.59 Å². The van der Waals surface area contributed by atoms with E-state index in [0.29, 0.717) is 46.1 Å². The van der Waals surface area contributed by atoms with Crippen molar-refractivity contribution in [2.24, 2.45) is 0 Å². The van der Waals surface area contributed by atoms with Gasteiger partial charge in [-0.15, -0.1) is 0 Å². The van der Waals surface area contributed by atoms with Crippen molar-refractivity contribution in [1.29, 1.82) is 0 Å². The van der Waals surface area contributed by atoms with Gasteiger partial charge in [0.15, 0.2) is 0 Å². The lowest BCUT2D eigenvalue weighted by atomic mass is 9.84. The summed E-state index contributed by atoms with van der Waals surface area (Å²) in [5.41, 5.74) is 1.42. The summed E-state index contributed by atoms with van der Waals surface area (Å²) in [5.74, 6) is -1.54. The van der Waals surface area contributed by atoms with Crippen LogP contribution in [0.1, 0.15) is 184 Å². The fourth-order valence-corrected chi connectivity index (χ4v) is 8.65. The molecule has 8 nitrogen and oxygen atoms in total. The number of unbranched alkanes of at least 4 members (excludes halogenated alkanes) is 18. The van der Waals surface area contributed by atoms with Gasteiger partial charge in [0.2, 0.25) is 0 Å². The highest BCUT2D eigenvalue weighted by Gasteiger charge is 2.26. The Balaban J connectivity index is 1.40. The molecule has 2 amide bonds.